The molecule has 4 aromatic rings. The van der Waals surface area contributed by atoms with E-state index in [9.17, 15) is 4.79 Å². The molecule has 0 fully saturated rings. The van der Waals surface area contributed by atoms with E-state index in [2.05, 4.69) is 33.6 Å². The van der Waals surface area contributed by atoms with E-state index in [1.807, 2.05) is 42.2 Å². The molecule has 10 nitrogen and oxygen atoms in total. The van der Waals surface area contributed by atoms with Crippen LogP contribution in [0.1, 0.15) is 47.0 Å². The van der Waals surface area contributed by atoms with E-state index in [0.29, 0.717) is 13.2 Å². The topological polar surface area (TPSA) is 119 Å². The van der Waals surface area contributed by atoms with Gasteiger partial charge in [0.1, 0.15) is 35.2 Å². The minimum Gasteiger partial charge on any atom is -0.491 e. The minimum absolute atomic E-state index is 0. The molecular weight excluding hydrogens is 444 g/mol. The van der Waals surface area contributed by atoms with Crippen molar-refractivity contribution in [3.63, 3.8) is 0 Å². The predicted molar refractivity (Wildman–Crippen MR) is 134 cm³/mol. The SMILES string of the molecule is C.Cc1nc(-c2cn3c(n2)-c2ccc(-c4cnn(C(C)(C)C(N)=O)c4)cc2OCC3)n(C(C)C)n1. The number of primary amides is 1. The highest BCUT2D eigenvalue weighted by molar-refractivity contribution is 5.82. The lowest BCUT2D eigenvalue weighted by Crippen LogP contribution is -2.41. The summed E-state index contributed by atoms with van der Waals surface area (Å²) >= 11 is 0. The Morgan fingerprint density at radius 1 is 1.14 bits per heavy atom. The van der Waals surface area contributed by atoms with Crippen LogP contribution >= 0.6 is 0 Å². The zero-order valence-electron chi connectivity index (χ0n) is 20.0. The van der Waals surface area contributed by atoms with Gasteiger partial charge in [-0.1, -0.05) is 13.5 Å². The zero-order chi connectivity index (χ0) is 24.2. The fourth-order valence-corrected chi connectivity index (χ4v) is 4.02. The van der Waals surface area contributed by atoms with Crippen molar-refractivity contribution in [2.24, 2.45) is 5.73 Å². The third kappa shape index (κ3) is 4.09. The van der Waals surface area contributed by atoms with Gasteiger partial charge >= 0.3 is 0 Å². The summed E-state index contributed by atoms with van der Waals surface area (Å²) in [5.74, 6) is 2.61. The largest absolute Gasteiger partial charge is 0.491 e. The Bertz CT molecular complexity index is 1390. The number of fused-ring (bicyclic) bond motifs is 3. The number of carbonyl (C=O) groups excluding carboxylic acids is 1. The molecule has 0 unspecified atom stereocenters. The van der Waals surface area contributed by atoms with Gasteiger partial charge in [0.25, 0.3) is 0 Å². The van der Waals surface area contributed by atoms with Gasteiger partial charge in [0, 0.05) is 24.0 Å². The number of carbonyl (C=O) groups is 1. The van der Waals surface area contributed by atoms with Crippen LogP contribution in [-0.2, 0) is 16.9 Å². The number of benzene rings is 1. The molecule has 184 valence electrons. The highest BCUT2D eigenvalue weighted by Crippen LogP contribution is 2.37. The average molecular weight is 477 g/mol. The van der Waals surface area contributed by atoms with Crippen LogP contribution in [0.15, 0.2) is 36.8 Å². The maximum Gasteiger partial charge on any atom is 0.244 e. The Hall–Kier alpha value is -3.95. The summed E-state index contributed by atoms with van der Waals surface area (Å²) in [4.78, 5) is 21.3. The van der Waals surface area contributed by atoms with Crippen molar-refractivity contribution in [1.82, 2.24) is 34.1 Å². The lowest BCUT2D eigenvalue weighted by atomic mass is 10.0. The molecule has 0 radical (unpaired) electrons. The van der Waals surface area contributed by atoms with Crippen LogP contribution in [0.3, 0.4) is 0 Å². The van der Waals surface area contributed by atoms with Crippen LogP contribution in [0.5, 0.6) is 5.75 Å². The van der Waals surface area contributed by atoms with Gasteiger partial charge in [-0.3, -0.25) is 9.48 Å². The number of nitrogens with two attached hydrogens (primary N) is 1. The lowest BCUT2D eigenvalue weighted by Gasteiger charge is -2.20. The molecule has 0 spiro atoms. The summed E-state index contributed by atoms with van der Waals surface area (Å²) in [7, 11) is 0. The fourth-order valence-electron chi connectivity index (χ4n) is 4.02. The number of hydrogen-bond acceptors (Lipinski definition) is 6. The van der Waals surface area contributed by atoms with Crippen LogP contribution in [0, 0.1) is 6.92 Å². The average Bonchev–Trinajstić information content (AvgIpc) is 3.50. The smallest absolute Gasteiger partial charge is 0.244 e. The molecule has 1 amide bonds. The number of aromatic nitrogens is 7. The molecule has 4 heterocycles. The van der Waals surface area contributed by atoms with Gasteiger partial charge < -0.3 is 15.0 Å². The number of rotatable bonds is 5. The standard InChI is InChI=1S/C24H28N8O2.CH4/c1-14(2)32-22(27-15(3)29-32)19-13-30-8-9-34-20-10-16(6-7-18(20)21(30)28-19)17-11-26-31(12-17)24(4,5)23(25)33;/h6-7,10-14H,8-9H2,1-5H3,(H2,25,33);1H4. The Morgan fingerprint density at radius 2 is 1.91 bits per heavy atom. The van der Waals surface area contributed by atoms with E-state index in [0.717, 1.165) is 45.6 Å². The summed E-state index contributed by atoms with van der Waals surface area (Å²) in [6, 6.07) is 6.18. The zero-order valence-corrected chi connectivity index (χ0v) is 20.0. The quantitative estimate of drug-likeness (QED) is 0.468. The number of hydrogen-bond donors (Lipinski definition) is 1. The first kappa shape index (κ1) is 24.2. The van der Waals surface area contributed by atoms with E-state index in [1.165, 1.54) is 0 Å². The molecule has 10 heteroatoms. The Kier molecular flexibility index (Phi) is 6.00. The van der Waals surface area contributed by atoms with Gasteiger partial charge in [-0.05, 0) is 52.3 Å². The first-order valence-corrected chi connectivity index (χ1v) is 11.3. The molecule has 1 aliphatic rings. The van der Waals surface area contributed by atoms with Gasteiger partial charge in [-0.25, -0.2) is 14.6 Å². The van der Waals surface area contributed by atoms with E-state index in [4.69, 9.17) is 15.5 Å². The first-order valence-electron chi connectivity index (χ1n) is 11.3. The van der Waals surface area contributed by atoms with Crippen LogP contribution in [0.25, 0.3) is 34.0 Å². The van der Waals surface area contributed by atoms with Crippen molar-refractivity contribution in [3.05, 3.63) is 42.6 Å². The highest BCUT2D eigenvalue weighted by Gasteiger charge is 2.28. The summed E-state index contributed by atoms with van der Waals surface area (Å²) < 4.78 is 11.7. The van der Waals surface area contributed by atoms with Crippen molar-refractivity contribution in [1.29, 1.82) is 0 Å². The number of nitrogens with zero attached hydrogens (tertiary/aromatic N) is 7. The summed E-state index contributed by atoms with van der Waals surface area (Å²) in [6.07, 6.45) is 5.56. The fraction of sp³-hybridized carbons (Fsp3) is 0.400. The van der Waals surface area contributed by atoms with Crippen LogP contribution in [0.2, 0.25) is 0 Å². The maximum absolute atomic E-state index is 11.8. The van der Waals surface area contributed by atoms with Crippen molar-refractivity contribution >= 4 is 5.91 Å². The van der Waals surface area contributed by atoms with Crippen molar-refractivity contribution in [3.8, 4) is 39.8 Å². The van der Waals surface area contributed by atoms with Gasteiger partial charge in [-0.2, -0.15) is 10.2 Å². The first-order chi connectivity index (χ1) is 16.1. The second kappa shape index (κ2) is 8.68. The predicted octanol–water partition coefficient (Wildman–Crippen LogP) is 3.81. The normalized spacial score (nSPS) is 13.0. The molecule has 2 N–H and O–H groups in total. The molecule has 1 aromatic carbocycles. The van der Waals surface area contributed by atoms with Crippen LogP contribution in [-0.4, -0.2) is 46.6 Å². The third-order valence-electron chi connectivity index (χ3n) is 6.14. The molecule has 0 saturated carbocycles. The molecule has 1 aliphatic heterocycles. The summed E-state index contributed by atoms with van der Waals surface area (Å²) in [5, 5.41) is 8.88. The van der Waals surface area contributed by atoms with Crippen molar-refractivity contribution in [2.45, 2.75) is 60.2 Å². The van der Waals surface area contributed by atoms with Gasteiger partial charge in [0.05, 0.1) is 18.3 Å². The molecule has 0 bridgehead atoms. The van der Waals surface area contributed by atoms with E-state index in [-0.39, 0.29) is 13.5 Å². The lowest BCUT2D eigenvalue weighted by molar-refractivity contribution is -0.125. The second-order valence-corrected chi connectivity index (χ2v) is 9.32. The Balaban J connectivity index is 0.00000289. The third-order valence-corrected chi connectivity index (χ3v) is 6.14. The Labute approximate surface area is 204 Å². The van der Waals surface area contributed by atoms with Crippen LogP contribution < -0.4 is 10.5 Å². The molecule has 35 heavy (non-hydrogen) atoms. The molecular formula is C25H32N8O2. The summed E-state index contributed by atoms with van der Waals surface area (Å²) in [5.41, 5.74) is 8.11. The van der Waals surface area contributed by atoms with Crippen LogP contribution in [0.4, 0.5) is 0 Å². The number of amides is 1. The monoisotopic (exact) mass is 476 g/mol. The van der Waals surface area contributed by atoms with E-state index >= 15 is 0 Å². The maximum atomic E-state index is 11.8. The highest BCUT2D eigenvalue weighted by atomic mass is 16.5. The van der Waals surface area contributed by atoms with Gasteiger partial charge in [0.15, 0.2) is 5.82 Å². The molecule has 0 saturated heterocycles. The number of ether oxygens (including phenoxy) is 1. The molecule has 3 aromatic heterocycles. The number of imidazole rings is 1. The summed E-state index contributed by atoms with van der Waals surface area (Å²) in [6.45, 7) is 10.7. The molecule has 5 rings (SSSR count). The minimum atomic E-state index is -0.920. The van der Waals surface area contributed by atoms with Gasteiger partial charge in [-0.15, -0.1) is 0 Å². The van der Waals surface area contributed by atoms with Crippen molar-refractivity contribution in [2.75, 3.05) is 6.61 Å². The molecule has 0 atom stereocenters. The van der Waals surface area contributed by atoms with Crippen molar-refractivity contribution < 1.29 is 9.53 Å². The Morgan fingerprint density at radius 3 is 2.63 bits per heavy atom. The van der Waals surface area contributed by atoms with E-state index < -0.39 is 11.4 Å². The molecule has 0 aliphatic carbocycles. The van der Waals surface area contributed by atoms with Gasteiger partial charge in [0.2, 0.25) is 5.91 Å². The number of aryl methyl sites for hydroxylation is 1. The second-order valence-electron chi connectivity index (χ2n) is 9.32. The van der Waals surface area contributed by atoms with E-state index in [1.54, 1.807) is 24.7 Å².